The number of para-hydroxylation sites is 1. The molecule has 0 bridgehead atoms. The van der Waals surface area contributed by atoms with Crippen molar-refractivity contribution in [2.75, 3.05) is 116 Å². The van der Waals surface area contributed by atoms with Crippen molar-refractivity contribution in [3.05, 3.63) is 66.0 Å². The van der Waals surface area contributed by atoms with Gasteiger partial charge in [0.15, 0.2) is 5.78 Å². The molecule has 3 N–H and O–H groups in total. The number of Topliss-reactive ketones (excluding diaryl/α,β-unsaturated/α-hetero) is 1. The predicted octanol–water partition coefficient (Wildman–Crippen LogP) is 4.92. The minimum atomic E-state index is -0.968. The van der Waals surface area contributed by atoms with Crippen LogP contribution in [0.1, 0.15) is 93.8 Å². The molecule has 2 aromatic carbocycles. The first kappa shape index (κ1) is 50.5. The average molecular weight is 894 g/mol. The molecule has 0 unspecified atom stereocenters. The summed E-state index contributed by atoms with van der Waals surface area (Å²) in [6, 6.07) is 16.0. The zero-order chi connectivity index (χ0) is 45.7. The van der Waals surface area contributed by atoms with Gasteiger partial charge in [-0.25, -0.2) is 4.39 Å². The fourth-order valence-electron chi connectivity index (χ4n) is 9.49. The average Bonchev–Trinajstić information content (AvgIpc) is 3.53. The first-order valence-corrected chi connectivity index (χ1v) is 23.6. The highest BCUT2D eigenvalue weighted by atomic mass is 19.1. The van der Waals surface area contributed by atoms with E-state index in [0.29, 0.717) is 71.0 Å². The number of carboxylic acids is 3. The largest absolute Gasteiger partial charge is 0.480 e. The van der Waals surface area contributed by atoms with Gasteiger partial charge in [0, 0.05) is 89.7 Å². The molecule has 3 fully saturated rings. The summed E-state index contributed by atoms with van der Waals surface area (Å²) >= 11 is 0. The molecule has 0 radical (unpaired) electrons. The fraction of sp³-hybridized carbons (Fsp3) is 0.646. The number of benzene rings is 2. The maximum absolute atomic E-state index is 14.2. The van der Waals surface area contributed by atoms with Crippen molar-refractivity contribution in [2.24, 2.45) is 0 Å². The van der Waals surface area contributed by atoms with Gasteiger partial charge in [0.25, 0.3) is 0 Å². The Balaban J connectivity index is 0.985. The fourth-order valence-corrected chi connectivity index (χ4v) is 9.49. The summed E-state index contributed by atoms with van der Waals surface area (Å²) in [5, 5.41) is 28.4. The molecule has 3 saturated heterocycles. The molecular weight excluding hydrogens is 822 g/mol. The van der Waals surface area contributed by atoms with Crippen LogP contribution in [0.4, 0.5) is 10.1 Å². The quantitative estimate of drug-likeness (QED) is 0.0960. The third kappa shape index (κ3) is 16.5. The van der Waals surface area contributed by atoms with E-state index >= 15 is 0 Å². The number of anilines is 1. The maximum atomic E-state index is 14.2. The van der Waals surface area contributed by atoms with E-state index < -0.39 is 23.4 Å². The normalized spacial score (nSPS) is 18.9. The first-order chi connectivity index (χ1) is 30.9. The van der Waals surface area contributed by atoms with E-state index in [-0.39, 0.29) is 37.1 Å². The van der Waals surface area contributed by atoms with E-state index in [1.54, 1.807) is 17.0 Å². The van der Waals surface area contributed by atoms with Gasteiger partial charge in [-0.2, -0.15) is 0 Å². The van der Waals surface area contributed by atoms with Gasteiger partial charge in [-0.05, 0) is 81.6 Å². The van der Waals surface area contributed by atoms with Crippen molar-refractivity contribution in [1.29, 1.82) is 0 Å². The maximum Gasteiger partial charge on any atom is 0.317 e. The molecule has 3 heterocycles. The Morgan fingerprint density at radius 2 is 0.938 bits per heavy atom. The summed E-state index contributed by atoms with van der Waals surface area (Å²) in [7, 11) is 0. The van der Waals surface area contributed by atoms with Crippen molar-refractivity contribution in [3.63, 3.8) is 0 Å². The molecule has 1 amide bonds. The first-order valence-electron chi connectivity index (χ1n) is 23.6. The molecule has 15 nitrogen and oxygen atoms in total. The Hall–Kier alpha value is -4.48. The zero-order valence-electron chi connectivity index (χ0n) is 37.8. The van der Waals surface area contributed by atoms with Crippen LogP contribution >= 0.6 is 0 Å². The molecule has 1 spiro atoms. The van der Waals surface area contributed by atoms with Gasteiger partial charge >= 0.3 is 17.9 Å². The van der Waals surface area contributed by atoms with Crippen LogP contribution in [0.2, 0.25) is 0 Å². The lowest BCUT2D eigenvalue weighted by molar-refractivity contribution is -0.140. The Morgan fingerprint density at radius 3 is 1.42 bits per heavy atom. The number of carbonyl (C=O) groups is 5. The number of unbranched alkanes of at least 4 members (excludes halogenated alkanes) is 8. The van der Waals surface area contributed by atoms with Crippen LogP contribution in [0.5, 0.6) is 0 Å². The molecule has 5 rings (SSSR count). The van der Waals surface area contributed by atoms with E-state index in [2.05, 4.69) is 31.7 Å². The van der Waals surface area contributed by atoms with Crippen LogP contribution in [-0.4, -0.2) is 191 Å². The van der Waals surface area contributed by atoms with Crippen LogP contribution in [-0.2, 0) is 19.2 Å². The van der Waals surface area contributed by atoms with Gasteiger partial charge in [0.1, 0.15) is 11.4 Å². The molecule has 0 aliphatic carbocycles. The second kappa shape index (κ2) is 26.5. The number of halogens is 1. The Labute approximate surface area is 378 Å². The second-order valence-corrected chi connectivity index (χ2v) is 17.9. The minimum Gasteiger partial charge on any atom is -0.480 e. The Bertz CT molecular complexity index is 1730. The predicted molar refractivity (Wildman–Crippen MR) is 244 cm³/mol. The number of hydrogen-bond acceptors (Lipinski definition) is 11. The molecule has 354 valence electrons. The molecule has 2 aromatic rings. The van der Waals surface area contributed by atoms with Crippen LogP contribution in [0.15, 0.2) is 54.6 Å². The smallest absolute Gasteiger partial charge is 0.317 e. The molecule has 3 aliphatic heterocycles. The Morgan fingerprint density at radius 1 is 0.516 bits per heavy atom. The van der Waals surface area contributed by atoms with Crippen molar-refractivity contribution in [1.82, 2.24) is 29.4 Å². The number of amides is 1. The van der Waals surface area contributed by atoms with Gasteiger partial charge in [0.05, 0.1) is 26.3 Å². The van der Waals surface area contributed by atoms with Crippen molar-refractivity contribution in [3.8, 4) is 0 Å². The second-order valence-electron chi connectivity index (χ2n) is 17.9. The summed E-state index contributed by atoms with van der Waals surface area (Å²) in [6.07, 6.45) is 12.5. The number of rotatable bonds is 24. The highest BCUT2D eigenvalue weighted by Crippen LogP contribution is 2.39. The van der Waals surface area contributed by atoms with E-state index in [1.807, 2.05) is 28.0 Å². The van der Waals surface area contributed by atoms with Gasteiger partial charge < -0.3 is 34.9 Å². The third-order valence-corrected chi connectivity index (χ3v) is 13.2. The lowest BCUT2D eigenvalue weighted by atomic mass is 9.85. The van der Waals surface area contributed by atoms with Crippen LogP contribution in [0.25, 0.3) is 0 Å². The third-order valence-electron chi connectivity index (χ3n) is 13.2. The van der Waals surface area contributed by atoms with Crippen molar-refractivity contribution in [2.45, 2.75) is 89.0 Å². The number of piperidine rings is 1. The van der Waals surface area contributed by atoms with Gasteiger partial charge in [-0.3, -0.25) is 38.7 Å². The van der Waals surface area contributed by atoms with E-state index in [4.69, 9.17) is 0 Å². The molecule has 3 aliphatic rings. The monoisotopic (exact) mass is 894 g/mol. The molecule has 0 atom stereocenters. The minimum absolute atomic E-state index is 0.0243. The lowest BCUT2D eigenvalue weighted by Crippen LogP contribution is -2.56. The number of carbonyl (C=O) groups excluding carboxylic acids is 2. The van der Waals surface area contributed by atoms with E-state index in [0.717, 1.165) is 109 Å². The summed E-state index contributed by atoms with van der Waals surface area (Å²) in [6.45, 7) is 8.21. The van der Waals surface area contributed by atoms with Crippen molar-refractivity contribution < 1.29 is 43.7 Å². The molecule has 0 aromatic heterocycles. The summed E-state index contributed by atoms with van der Waals surface area (Å²) in [4.78, 5) is 76.0. The summed E-state index contributed by atoms with van der Waals surface area (Å²) in [5.41, 5.74) is 1.06. The highest BCUT2D eigenvalue weighted by molar-refractivity contribution is 5.96. The zero-order valence-corrected chi connectivity index (χ0v) is 37.8. The van der Waals surface area contributed by atoms with E-state index in [9.17, 15) is 43.7 Å². The number of likely N-dealkylation sites (tertiary alicyclic amines) is 1. The number of aliphatic carboxylic acids is 3. The van der Waals surface area contributed by atoms with Gasteiger partial charge in [-0.1, -0.05) is 63.1 Å². The van der Waals surface area contributed by atoms with Crippen molar-refractivity contribution >= 4 is 35.3 Å². The summed E-state index contributed by atoms with van der Waals surface area (Å²) in [5.74, 6) is -2.89. The van der Waals surface area contributed by atoms with Gasteiger partial charge in [0.2, 0.25) is 5.91 Å². The number of ketones is 1. The van der Waals surface area contributed by atoms with Gasteiger partial charge in [-0.15, -0.1) is 0 Å². The SMILES string of the molecule is O=C(O)CN1CCN(CCCCCCCCCCCN2CN(c3ccccc3)C3(CCN(CCCC(=O)c4ccc(F)cc4)CC3)C2=O)CCN(CC(=O)O)CCN(CC(=O)O)CC1. The number of carboxylic acid groups (broad SMARTS) is 3. The number of nitrogens with zero attached hydrogens (tertiary/aromatic N) is 7. The van der Waals surface area contributed by atoms with Crippen LogP contribution < -0.4 is 4.90 Å². The molecular formula is C48H72FN7O8. The molecule has 16 heteroatoms. The summed E-state index contributed by atoms with van der Waals surface area (Å²) < 4.78 is 13.3. The topological polar surface area (TPSA) is 169 Å². The molecule has 64 heavy (non-hydrogen) atoms. The van der Waals surface area contributed by atoms with E-state index in [1.165, 1.54) is 18.6 Å². The Kier molecular flexibility index (Phi) is 20.9. The molecule has 0 saturated carbocycles. The lowest BCUT2D eigenvalue weighted by Gasteiger charge is -2.43. The standard InChI is InChI=1S/C48H72FN7O8/c49-41-19-17-40(18-20-41)43(57)16-13-24-50-26-21-48(22-27-50)47(64)55(39-56(48)42-14-9-8-10-15-42)25-12-7-5-3-1-2-4-6-11-23-51-28-30-52(36-44(58)59)32-34-54(38-46(62)63)35-33-53(31-29-51)37-45(60)61/h8-10,14-15,17-20H,1-7,11-13,16,21-39H2,(H,58,59)(H,60,61)(H,62,63). The highest BCUT2D eigenvalue weighted by Gasteiger charge is 2.53. The van der Waals surface area contributed by atoms with Crippen LogP contribution in [0, 0.1) is 5.82 Å². The van der Waals surface area contributed by atoms with Crippen LogP contribution in [0.3, 0.4) is 0 Å². The number of hydrogen-bond donors (Lipinski definition) is 3.